The molecule has 0 aromatic heterocycles. The Kier molecular flexibility index (Phi) is 7.09. The Labute approximate surface area is 121 Å². The monoisotopic (exact) mass is 278 g/mol. The first-order chi connectivity index (χ1) is 9.58. The van der Waals surface area contributed by atoms with Gasteiger partial charge in [0.2, 0.25) is 5.91 Å². The van der Waals surface area contributed by atoms with Crippen LogP contribution in [-0.4, -0.2) is 24.6 Å². The number of aromatic hydroxyl groups is 1. The van der Waals surface area contributed by atoms with Gasteiger partial charge in [-0.3, -0.25) is 4.79 Å². The molecule has 0 radical (unpaired) electrons. The highest BCUT2D eigenvalue weighted by Crippen LogP contribution is 2.21. The Morgan fingerprint density at radius 1 is 1.25 bits per heavy atom. The van der Waals surface area contributed by atoms with Crippen LogP contribution in [0.5, 0.6) is 5.75 Å². The molecule has 1 atom stereocenters. The fraction of sp³-hybridized carbons (Fsp3) is 0.562. The van der Waals surface area contributed by atoms with E-state index >= 15 is 0 Å². The zero-order valence-corrected chi connectivity index (χ0v) is 12.5. The van der Waals surface area contributed by atoms with Crippen molar-refractivity contribution < 1.29 is 9.90 Å². The van der Waals surface area contributed by atoms with E-state index in [0.29, 0.717) is 18.9 Å². The second-order valence-electron chi connectivity index (χ2n) is 5.24. The fourth-order valence-corrected chi connectivity index (χ4v) is 2.39. The maximum Gasteiger partial charge on any atom is 0.226 e. The average molecular weight is 278 g/mol. The largest absolute Gasteiger partial charge is 0.508 e. The Bertz CT molecular complexity index is 397. The van der Waals surface area contributed by atoms with Gasteiger partial charge < -0.3 is 15.7 Å². The summed E-state index contributed by atoms with van der Waals surface area (Å²) < 4.78 is 0. The highest BCUT2D eigenvalue weighted by molar-refractivity contribution is 5.92. The van der Waals surface area contributed by atoms with Crippen LogP contribution in [0.3, 0.4) is 0 Å². The summed E-state index contributed by atoms with van der Waals surface area (Å²) in [6.07, 6.45) is 4.69. The number of nitrogens with two attached hydrogens (primary N) is 1. The van der Waals surface area contributed by atoms with Gasteiger partial charge in [0.05, 0.1) is 0 Å². The maximum absolute atomic E-state index is 12.2. The van der Waals surface area contributed by atoms with Gasteiger partial charge in [-0.15, -0.1) is 0 Å². The van der Waals surface area contributed by atoms with Crippen LogP contribution in [-0.2, 0) is 4.79 Å². The number of phenolic OH excluding ortho intramolecular Hbond substituents is 1. The van der Waals surface area contributed by atoms with E-state index in [-0.39, 0.29) is 11.7 Å². The minimum Gasteiger partial charge on any atom is -0.508 e. The molecular weight excluding hydrogens is 252 g/mol. The normalized spacial score (nSPS) is 12.2. The van der Waals surface area contributed by atoms with E-state index in [1.807, 2.05) is 0 Å². The molecule has 0 aliphatic carbocycles. The second kappa shape index (κ2) is 8.59. The zero-order chi connectivity index (χ0) is 15.0. The summed E-state index contributed by atoms with van der Waals surface area (Å²) in [4.78, 5) is 13.8. The van der Waals surface area contributed by atoms with Crippen molar-refractivity contribution in [2.45, 2.75) is 39.0 Å². The molecule has 0 aliphatic heterocycles. The van der Waals surface area contributed by atoms with Crippen LogP contribution in [0.2, 0.25) is 0 Å². The van der Waals surface area contributed by atoms with Crippen LogP contribution in [0, 0.1) is 5.92 Å². The van der Waals surface area contributed by atoms with Gasteiger partial charge >= 0.3 is 0 Å². The third kappa shape index (κ3) is 5.21. The average Bonchev–Trinajstić information content (AvgIpc) is 2.45. The van der Waals surface area contributed by atoms with Gasteiger partial charge in [-0.2, -0.15) is 0 Å². The number of benzene rings is 1. The number of phenols is 1. The number of amides is 1. The van der Waals surface area contributed by atoms with Crippen LogP contribution in [0.4, 0.5) is 5.69 Å². The van der Waals surface area contributed by atoms with Crippen molar-refractivity contribution in [3.8, 4) is 5.75 Å². The van der Waals surface area contributed by atoms with Crippen LogP contribution < -0.4 is 10.6 Å². The van der Waals surface area contributed by atoms with E-state index in [1.54, 1.807) is 36.2 Å². The van der Waals surface area contributed by atoms with Crippen LogP contribution >= 0.6 is 0 Å². The molecule has 1 amide bonds. The molecule has 1 aromatic rings. The number of hydrogen-bond donors (Lipinski definition) is 2. The molecular formula is C16H26N2O2. The van der Waals surface area contributed by atoms with Crippen LogP contribution in [0.15, 0.2) is 24.3 Å². The smallest absolute Gasteiger partial charge is 0.226 e. The molecule has 0 saturated heterocycles. The summed E-state index contributed by atoms with van der Waals surface area (Å²) in [5.41, 5.74) is 6.42. The maximum atomic E-state index is 12.2. The molecule has 1 rings (SSSR count). The molecule has 20 heavy (non-hydrogen) atoms. The topological polar surface area (TPSA) is 66.6 Å². The second-order valence-corrected chi connectivity index (χ2v) is 5.24. The summed E-state index contributed by atoms with van der Waals surface area (Å²) >= 11 is 0. The standard InChI is InChI=1S/C16H26N2O2/c1-3-4-13(11-12-17)5-10-16(20)18(2)14-6-8-15(19)9-7-14/h6-9,13,19H,3-5,10-12,17H2,1-2H3. The first-order valence-electron chi connectivity index (χ1n) is 7.34. The molecule has 1 unspecified atom stereocenters. The van der Waals surface area contributed by atoms with Gasteiger partial charge in [-0.25, -0.2) is 0 Å². The van der Waals surface area contributed by atoms with Crippen molar-refractivity contribution in [3.05, 3.63) is 24.3 Å². The third-order valence-electron chi connectivity index (χ3n) is 3.65. The molecule has 1 aromatic carbocycles. The zero-order valence-electron chi connectivity index (χ0n) is 12.5. The van der Waals surface area contributed by atoms with Crippen molar-refractivity contribution in [2.75, 3.05) is 18.5 Å². The molecule has 0 saturated carbocycles. The summed E-state index contributed by atoms with van der Waals surface area (Å²) in [6.45, 7) is 2.85. The summed E-state index contributed by atoms with van der Waals surface area (Å²) in [5.74, 6) is 0.858. The molecule has 0 bridgehead atoms. The number of nitrogens with zero attached hydrogens (tertiary/aromatic N) is 1. The molecule has 0 spiro atoms. The number of anilines is 1. The van der Waals surface area contributed by atoms with Crippen molar-refractivity contribution in [3.63, 3.8) is 0 Å². The lowest BCUT2D eigenvalue weighted by Gasteiger charge is -2.20. The van der Waals surface area contributed by atoms with Crippen LogP contribution in [0.1, 0.15) is 39.0 Å². The number of hydrogen-bond acceptors (Lipinski definition) is 3. The fourth-order valence-electron chi connectivity index (χ4n) is 2.39. The predicted octanol–water partition coefficient (Wildman–Crippen LogP) is 2.90. The van der Waals surface area contributed by atoms with Gasteiger partial charge in [0.15, 0.2) is 0 Å². The van der Waals surface area contributed by atoms with Gasteiger partial charge in [-0.1, -0.05) is 19.8 Å². The molecule has 0 aliphatic rings. The first-order valence-corrected chi connectivity index (χ1v) is 7.34. The quantitative estimate of drug-likeness (QED) is 0.768. The van der Waals surface area contributed by atoms with Gasteiger partial charge in [0.1, 0.15) is 5.75 Å². The molecule has 4 nitrogen and oxygen atoms in total. The lowest BCUT2D eigenvalue weighted by molar-refractivity contribution is -0.118. The molecule has 0 heterocycles. The first kappa shape index (κ1) is 16.5. The lowest BCUT2D eigenvalue weighted by Crippen LogP contribution is -2.26. The number of carbonyl (C=O) groups is 1. The number of carbonyl (C=O) groups excluding carboxylic acids is 1. The van der Waals surface area contributed by atoms with Crippen LogP contribution in [0.25, 0.3) is 0 Å². The lowest BCUT2D eigenvalue weighted by atomic mass is 9.94. The Morgan fingerprint density at radius 3 is 2.45 bits per heavy atom. The Balaban J connectivity index is 2.50. The van der Waals surface area contributed by atoms with Gasteiger partial charge in [-0.05, 0) is 49.6 Å². The van der Waals surface area contributed by atoms with Crippen molar-refractivity contribution >= 4 is 11.6 Å². The molecule has 4 heteroatoms. The third-order valence-corrected chi connectivity index (χ3v) is 3.65. The summed E-state index contributed by atoms with van der Waals surface area (Å²) in [5, 5.41) is 9.26. The van der Waals surface area contributed by atoms with E-state index in [4.69, 9.17) is 5.73 Å². The van der Waals surface area contributed by atoms with E-state index in [9.17, 15) is 9.90 Å². The minimum absolute atomic E-state index is 0.105. The SMILES string of the molecule is CCCC(CCN)CCC(=O)N(C)c1ccc(O)cc1. The van der Waals surface area contributed by atoms with E-state index in [0.717, 1.165) is 31.4 Å². The molecule has 3 N–H and O–H groups in total. The predicted molar refractivity (Wildman–Crippen MR) is 82.8 cm³/mol. The Morgan fingerprint density at radius 2 is 1.90 bits per heavy atom. The van der Waals surface area contributed by atoms with E-state index in [1.165, 1.54) is 0 Å². The Hall–Kier alpha value is -1.55. The van der Waals surface area contributed by atoms with Gasteiger partial charge in [0, 0.05) is 19.2 Å². The molecule has 0 fully saturated rings. The van der Waals surface area contributed by atoms with Crippen molar-refractivity contribution in [2.24, 2.45) is 11.7 Å². The minimum atomic E-state index is 0.105. The van der Waals surface area contributed by atoms with E-state index in [2.05, 4.69) is 6.92 Å². The van der Waals surface area contributed by atoms with Crippen molar-refractivity contribution in [1.29, 1.82) is 0 Å². The summed E-state index contributed by atoms with van der Waals surface area (Å²) in [6, 6.07) is 6.67. The van der Waals surface area contributed by atoms with Gasteiger partial charge in [0.25, 0.3) is 0 Å². The summed E-state index contributed by atoms with van der Waals surface area (Å²) in [7, 11) is 1.77. The highest BCUT2D eigenvalue weighted by Gasteiger charge is 2.14. The van der Waals surface area contributed by atoms with Crippen molar-refractivity contribution in [1.82, 2.24) is 0 Å². The highest BCUT2D eigenvalue weighted by atomic mass is 16.3. The molecule has 112 valence electrons. The van der Waals surface area contributed by atoms with E-state index < -0.39 is 0 Å². The number of rotatable bonds is 8.